The van der Waals surface area contributed by atoms with Gasteiger partial charge in [-0.3, -0.25) is 4.98 Å². The molecule has 1 aromatic carbocycles. The molecule has 1 heterocycles. The van der Waals surface area contributed by atoms with E-state index in [1.807, 2.05) is 6.92 Å². The Morgan fingerprint density at radius 1 is 1.32 bits per heavy atom. The Labute approximate surface area is 127 Å². The van der Waals surface area contributed by atoms with Crippen molar-refractivity contribution in [1.82, 2.24) is 4.98 Å². The van der Waals surface area contributed by atoms with E-state index >= 15 is 0 Å². The normalized spacial score (nSPS) is 11.0. The van der Waals surface area contributed by atoms with E-state index in [1.165, 1.54) is 6.07 Å². The topological polar surface area (TPSA) is 48.4 Å². The molecule has 2 rings (SSSR count). The Morgan fingerprint density at radius 3 is 2.59 bits per heavy atom. The van der Waals surface area contributed by atoms with Gasteiger partial charge in [0.2, 0.25) is 0 Å². The van der Waals surface area contributed by atoms with Gasteiger partial charge in [-0.1, -0.05) is 6.92 Å². The highest BCUT2D eigenvalue weighted by atomic mass is 19.2. The van der Waals surface area contributed by atoms with Crippen LogP contribution >= 0.6 is 0 Å². The van der Waals surface area contributed by atoms with Crippen LogP contribution < -0.4 is 4.74 Å². The molecule has 0 spiro atoms. The number of aromatic nitrogens is 1. The molecule has 0 aliphatic rings. The Bertz CT molecular complexity index is 729. The third-order valence-electron chi connectivity index (χ3n) is 3.18. The number of fused-ring (bicyclic) bond motifs is 1. The van der Waals surface area contributed by atoms with Gasteiger partial charge in [0, 0.05) is 11.3 Å². The minimum atomic E-state index is -1.09. The molecule has 0 atom stereocenters. The molecular formula is C16H17F2NO3. The highest BCUT2D eigenvalue weighted by Crippen LogP contribution is 2.34. The smallest absolute Gasteiger partial charge is 0.431 e. The van der Waals surface area contributed by atoms with Crippen LogP contribution in [-0.4, -0.2) is 17.2 Å². The number of ether oxygens (including phenoxy) is 2. The molecule has 22 heavy (non-hydrogen) atoms. The van der Waals surface area contributed by atoms with Crippen molar-refractivity contribution in [3.05, 3.63) is 35.0 Å². The number of carbonyl (C=O) groups is 1. The highest BCUT2D eigenvalue weighted by molar-refractivity contribution is 5.89. The average Bonchev–Trinajstić information content (AvgIpc) is 2.44. The minimum absolute atomic E-state index is 0.0514. The van der Waals surface area contributed by atoms with Crippen molar-refractivity contribution >= 4 is 17.1 Å². The van der Waals surface area contributed by atoms with Gasteiger partial charge in [0.25, 0.3) is 0 Å². The highest BCUT2D eigenvalue weighted by Gasteiger charge is 2.21. The van der Waals surface area contributed by atoms with Crippen molar-refractivity contribution in [2.45, 2.75) is 40.2 Å². The summed E-state index contributed by atoms with van der Waals surface area (Å²) in [4.78, 5) is 16.0. The first-order chi connectivity index (χ1) is 10.3. The van der Waals surface area contributed by atoms with Gasteiger partial charge in [-0.2, -0.15) is 0 Å². The molecule has 0 radical (unpaired) electrons. The Balaban J connectivity index is 2.65. The fourth-order valence-corrected chi connectivity index (χ4v) is 2.17. The number of benzene rings is 1. The van der Waals surface area contributed by atoms with Crippen LogP contribution in [0.2, 0.25) is 0 Å². The van der Waals surface area contributed by atoms with Crippen molar-refractivity contribution < 1.29 is 23.0 Å². The zero-order chi connectivity index (χ0) is 16.4. The van der Waals surface area contributed by atoms with E-state index in [1.54, 1.807) is 20.8 Å². The number of halogens is 2. The molecule has 0 bridgehead atoms. The van der Waals surface area contributed by atoms with Gasteiger partial charge in [0.15, 0.2) is 17.4 Å². The summed E-state index contributed by atoms with van der Waals surface area (Å²) in [6.45, 7) is 6.85. The number of aryl methyl sites for hydroxylation is 1. The Hall–Kier alpha value is -2.24. The van der Waals surface area contributed by atoms with Crippen molar-refractivity contribution in [1.29, 1.82) is 0 Å². The van der Waals surface area contributed by atoms with E-state index in [2.05, 4.69) is 4.98 Å². The minimum Gasteiger partial charge on any atom is -0.431 e. The van der Waals surface area contributed by atoms with Gasteiger partial charge in [-0.15, -0.1) is 0 Å². The van der Waals surface area contributed by atoms with Crippen molar-refractivity contribution in [2.24, 2.45) is 0 Å². The predicted octanol–water partition coefficient (Wildman–Crippen LogP) is 4.31. The van der Waals surface area contributed by atoms with Gasteiger partial charge in [-0.05, 0) is 39.3 Å². The maximum absolute atomic E-state index is 14.1. The summed E-state index contributed by atoms with van der Waals surface area (Å²) in [5, 5.41) is -0.157. The summed E-state index contributed by atoms with van der Waals surface area (Å²) in [5.74, 6) is -2.17. The lowest BCUT2D eigenvalue weighted by Gasteiger charge is -2.15. The van der Waals surface area contributed by atoms with Gasteiger partial charge in [-0.25, -0.2) is 13.6 Å². The summed E-state index contributed by atoms with van der Waals surface area (Å²) in [7, 11) is 0. The fraction of sp³-hybridized carbons (Fsp3) is 0.375. The Morgan fingerprint density at radius 2 is 2.00 bits per heavy atom. The van der Waals surface area contributed by atoms with Crippen LogP contribution in [0.4, 0.5) is 13.6 Å². The monoisotopic (exact) mass is 309 g/mol. The second kappa shape index (κ2) is 6.25. The van der Waals surface area contributed by atoms with E-state index in [9.17, 15) is 13.6 Å². The SMILES string of the molecule is CCc1nc2ccc(F)c(F)c2c(OC(=O)OC(C)C)c1C. The second-order valence-electron chi connectivity index (χ2n) is 5.14. The van der Waals surface area contributed by atoms with Gasteiger partial charge in [0.1, 0.15) is 0 Å². The molecule has 0 saturated carbocycles. The summed E-state index contributed by atoms with van der Waals surface area (Å²) in [5.41, 5.74) is 1.36. The van der Waals surface area contributed by atoms with E-state index in [-0.39, 0.29) is 22.8 Å². The fourth-order valence-electron chi connectivity index (χ4n) is 2.17. The summed E-state index contributed by atoms with van der Waals surface area (Å²) in [6, 6.07) is 2.35. The number of rotatable bonds is 3. The molecule has 1 aromatic heterocycles. The van der Waals surface area contributed by atoms with Crippen LogP contribution in [0.3, 0.4) is 0 Å². The maximum Gasteiger partial charge on any atom is 0.514 e. The van der Waals surface area contributed by atoms with Gasteiger partial charge >= 0.3 is 6.16 Å². The summed E-state index contributed by atoms with van der Waals surface area (Å²) < 4.78 is 37.7. The van der Waals surface area contributed by atoms with Crippen LogP contribution in [0, 0.1) is 18.6 Å². The molecule has 0 aliphatic heterocycles. The van der Waals surface area contributed by atoms with Gasteiger partial charge < -0.3 is 9.47 Å². The number of carbonyl (C=O) groups excluding carboxylic acids is 1. The standard InChI is InChI=1S/C16H17F2NO3/c1-5-11-9(4)15(22-16(20)21-8(2)3)13-12(19-11)7-6-10(17)14(13)18/h6-8H,5H2,1-4H3. The van der Waals surface area contributed by atoms with Gasteiger partial charge in [0.05, 0.1) is 17.0 Å². The van der Waals surface area contributed by atoms with Crippen molar-refractivity contribution in [3.8, 4) is 5.75 Å². The molecule has 0 unspecified atom stereocenters. The lowest BCUT2D eigenvalue weighted by atomic mass is 10.1. The first kappa shape index (κ1) is 16.1. The number of hydrogen-bond acceptors (Lipinski definition) is 4. The third-order valence-corrected chi connectivity index (χ3v) is 3.18. The van der Waals surface area contributed by atoms with Crippen molar-refractivity contribution in [3.63, 3.8) is 0 Å². The molecule has 118 valence electrons. The first-order valence-corrected chi connectivity index (χ1v) is 7.00. The second-order valence-corrected chi connectivity index (χ2v) is 5.14. The largest absolute Gasteiger partial charge is 0.514 e. The zero-order valence-corrected chi connectivity index (χ0v) is 12.9. The molecule has 0 aliphatic carbocycles. The Kier molecular flexibility index (Phi) is 4.59. The molecule has 2 aromatic rings. The quantitative estimate of drug-likeness (QED) is 0.793. The molecule has 0 fully saturated rings. The molecule has 6 heteroatoms. The van der Waals surface area contributed by atoms with Crippen LogP contribution in [0.15, 0.2) is 12.1 Å². The zero-order valence-electron chi connectivity index (χ0n) is 12.9. The average molecular weight is 309 g/mol. The van der Waals surface area contributed by atoms with Crippen LogP contribution in [0.25, 0.3) is 10.9 Å². The van der Waals surface area contributed by atoms with E-state index < -0.39 is 17.8 Å². The number of nitrogens with zero attached hydrogens (tertiary/aromatic N) is 1. The number of pyridine rings is 1. The summed E-state index contributed by atoms with van der Waals surface area (Å²) >= 11 is 0. The van der Waals surface area contributed by atoms with E-state index in [0.717, 1.165) is 6.07 Å². The van der Waals surface area contributed by atoms with Crippen LogP contribution in [0.5, 0.6) is 5.75 Å². The van der Waals surface area contributed by atoms with E-state index in [4.69, 9.17) is 9.47 Å². The van der Waals surface area contributed by atoms with E-state index in [0.29, 0.717) is 17.7 Å². The maximum atomic E-state index is 14.1. The van der Waals surface area contributed by atoms with Crippen LogP contribution in [0.1, 0.15) is 32.0 Å². The van der Waals surface area contributed by atoms with Crippen LogP contribution in [-0.2, 0) is 11.2 Å². The molecular weight excluding hydrogens is 292 g/mol. The number of hydrogen-bond donors (Lipinski definition) is 0. The molecule has 4 nitrogen and oxygen atoms in total. The lowest BCUT2D eigenvalue weighted by Crippen LogP contribution is -2.17. The molecule has 0 amide bonds. The summed E-state index contributed by atoms with van der Waals surface area (Å²) in [6.07, 6.45) is -0.777. The third kappa shape index (κ3) is 3.00. The first-order valence-electron chi connectivity index (χ1n) is 7.00. The lowest BCUT2D eigenvalue weighted by molar-refractivity contribution is 0.0730. The van der Waals surface area contributed by atoms with Crippen molar-refractivity contribution in [2.75, 3.05) is 0 Å². The molecule has 0 saturated heterocycles. The molecule has 0 N–H and O–H groups in total. The predicted molar refractivity (Wildman–Crippen MR) is 78.0 cm³/mol.